The molecule has 1 aliphatic heterocycles. The summed E-state index contributed by atoms with van der Waals surface area (Å²) >= 11 is 0. The number of unbranched alkanes of at least 4 members (excludes halogenated alkanes) is 1. The topological polar surface area (TPSA) is 75.7 Å². The Morgan fingerprint density at radius 1 is 1.15 bits per heavy atom. The molecule has 2 atom stereocenters. The summed E-state index contributed by atoms with van der Waals surface area (Å²) in [4.78, 5) is 39.6. The number of hydrogen-bond acceptors (Lipinski definition) is 4. The Morgan fingerprint density at radius 3 is 2.19 bits per heavy atom. The molecule has 0 aromatic carbocycles. The predicted molar refractivity (Wildman–Crippen MR) is 106 cm³/mol. The van der Waals surface area contributed by atoms with Crippen LogP contribution in [0.1, 0.15) is 81.1 Å². The second-order valence-corrected chi connectivity index (χ2v) is 9.94. The van der Waals surface area contributed by atoms with Crippen molar-refractivity contribution in [3.05, 3.63) is 0 Å². The fraction of sp³-hybridized carbons (Fsp3) is 0.857. The lowest BCUT2D eigenvalue weighted by Gasteiger charge is -2.35. The number of nitrogens with zero attached hydrogens (tertiary/aromatic N) is 1. The van der Waals surface area contributed by atoms with Crippen LogP contribution in [0, 0.1) is 11.3 Å². The van der Waals surface area contributed by atoms with Gasteiger partial charge in [0.25, 0.3) is 0 Å². The highest BCUT2D eigenvalue weighted by atomic mass is 16.6. The Kier molecular flexibility index (Phi) is 7.48. The molecule has 0 radical (unpaired) electrons. The van der Waals surface area contributed by atoms with Crippen LogP contribution in [-0.4, -0.2) is 46.9 Å². The zero-order valence-electron chi connectivity index (χ0n) is 18.4. The molecule has 6 nitrogen and oxygen atoms in total. The van der Waals surface area contributed by atoms with E-state index < -0.39 is 22.6 Å². The number of Topliss-reactive ketones (excluding diaryl/α,β-unsaturated/α-hetero) is 1. The summed E-state index contributed by atoms with van der Waals surface area (Å²) in [6.45, 7) is 15.5. The number of ketones is 1. The van der Waals surface area contributed by atoms with E-state index in [2.05, 4.69) is 12.2 Å². The lowest BCUT2D eigenvalue weighted by atomic mass is 9.71. The molecule has 0 aromatic rings. The summed E-state index contributed by atoms with van der Waals surface area (Å²) in [5.41, 5.74) is -1.91. The monoisotopic (exact) mass is 382 g/mol. The smallest absolute Gasteiger partial charge is 0.410 e. The summed E-state index contributed by atoms with van der Waals surface area (Å²) in [6.07, 6.45) is 2.48. The second-order valence-electron chi connectivity index (χ2n) is 9.94. The molecular weight excluding hydrogens is 344 g/mol. The van der Waals surface area contributed by atoms with Gasteiger partial charge in [0.15, 0.2) is 0 Å². The van der Waals surface area contributed by atoms with Gasteiger partial charge in [-0.3, -0.25) is 9.59 Å². The van der Waals surface area contributed by atoms with Gasteiger partial charge in [-0.05, 0) is 60.8 Å². The van der Waals surface area contributed by atoms with Gasteiger partial charge < -0.3 is 15.0 Å². The fourth-order valence-electron chi connectivity index (χ4n) is 3.71. The lowest BCUT2D eigenvalue weighted by Crippen LogP contribution is -2.53. The molecule has 1 fully saturated rings. The third kappa shape index (κ3) is 6.82. The molecule has 1 N–H and O–H groups in total. The van der Waals surface area contributed by atoms with Crippen molar-refractivity contribution in [1.29, 1.82) is 0 Å². The van der Waals surface area contributed by atoms with Crippen molar-refractivity contribution in [3.63, 3.8) is 0 Å². The van der Waals surface area contributed by atoms with Crippen molar-refractivity contribution < 1.29 is 19.1 Å². The molecular formula is C21H38N2O4. The highest BCUT2D eigenvalue weighted by Crippen LogP contribution is 2.43. The zero-order chi connectivity index (χ0) is 21.0. The van der Waals surface area contributed by atoms with Crippen LogP contribution in [0.25, 0.3) is 0 Å². The van der Waals surface area contributed by atoms with Gasteiger partial charge in [0.05, 0.1) is 5.41 Å². The predicted octanol–water partition coefficient (Wildman–Crippen LogP) is 3.92. The number of carbonyl (C=O) groups is 3. The minimum atomic E-state index is -0.898. The van der Waals surface area contributed by atoms with Crippen LogP contribution in [0.2, 0.25) is 0 Å². The van der Waals surface area contributed by atoms with Gasteiger partial charge in [-0.25, -0.2) is 4.79 Å². The van der Waals surface area contributed by atoms with Crippen LogP contribution < -0.4 is 5.32 Å². The van der Waals surface area contributed by atoms with E-state index in [1.54, 1.807) is 4.90 Å². The van der Waals surface area contributed by atoms with E-state index >= 15 is 0 Å². The van der Waals surface area contributed by atoms with Crippen LogP contribution in [0.5, 0.6) is 0 Å². The molecule has 6 heteroatoms. The minimum absolute atomic E-state index is 0.0356. The van der Waals surface area contributed by atoms with Gasteiger partial charge in [-0.15, -0.1) is 0 Å². The van der Waals surface area contributed by atoms with Crippen molar-refractivity contribution >= 4 is 17.8 Å². The maximum absolute atomic E-state index is 13.3. The van der Waals surface area contributed by atoms with Gasteiger partial charge in [0.1, 0.15) is 11.4 Å². The van der Waals surface area contributed by atoms with Gasteiger partial charge in [-0.2, -0.15) is 0 Å². The Bertz CT molecular complexity index is 560. The first-order chi connectivity index (χ1) is 12.2. The van der Waals surface area contributed by atoms with Crippen LogP contribution >= 0.6 is 0 Å². The number of likely N-dealkylation sites (tertiary alicyclic amines) is 1. The number of nitrogens with one attached hydrogen (secondary N) is 1. The number of ether oxygens (including phenoxy) is 1. The molecule has 0 aliphatic carbocycles. The van der Waals surface area contributed by atoms with Gasteiger partial charge in [-0.1, -0.05) is 19.8 Å². The molecule has 0 saturated carbocycles. The van der Waals surface area contributed by atoms with Crippen molar-refractivity contribution in [2.24, 2.45) is 11.3 Å². The van der Waals surface area contributed by atoms with Gasteiger partial charge in [0.2, 0.25) is 5.91 Å². The SMILES string of the molecule is CCCC[C@H]1CN(C(=O)OC(C)(C)C)C[C@@]1(CC(C)=O)C(=O)NC(C)(C)C. The molecule has 0 unspecified atom stereocenters. The zero-order valence-corrected chi connectivity index (χ0v) is 18.4. The van der Waals surface area contributed by atoms with Crippen LogP contribution in [-0.2, 0) is 14.3 Å². The maximum Gasteiger partial charge on any atom is 0.410 e. The molecule has 2 amide bonds. The molecule has 0 aromatic heterocycles. The van der Waals surface area contributed by atoms with E-state index in [-0.39, 0.29) is 30.6 Å². The minimum Gasteiger partial charge on any atom is -0.444 e. The number of carbonyl (C=O) groups excluding carboxylic acids is 3. The van der Waals surface area contributed by atoms with Crippen molar-refractivity contribution in [3.8, 4) is 0 Å². The van der Waals surface area contributed by atoms with E-state index in [1.165, 1.54) is 6.92 Å². The average Bonchev–Trinajstić information content (AvgIpc) is 2.81. The highest BCUT2D eigenvalue weighted by molar-refractivity contribution is 5.91. The average molecular weight is 383 g/mol. The van der Waals surface area contributed by atoms with E-state index in [9.17, 15) is 14.4 Å². The largest absolute Gasteiger partial charge is 0.444 e. The second kappa shape index (κ2) is 8.61. The summed E-state index contributed by atoms with van der Waals surface area (Å²) in [6, 6.07) is 0. The molecule has 0 bridgehead atoms. The normalized spacial score (nSPS) is 23.3. The number of hydrogen-bond donors (Lipinski definition) is 1. The van der Waals surface area contributed by atoms with Crippen molar-refractivity contribution in [2.75, 3.05) is 13.1 Å². The Morgan fingerprint density at radius 2 is 1.74 bits per heavy atom. The number of amides is 2. The summed E-state index contributed by atoms with van der Waals surface area (Å²) in [5, 5.41) is 3.05. The Labute approximate surface area is 164 Å². The summed E-state index contributed by atoms with van der Waals surface area (Å²) in [5.74, 6) is -0.236. The Balaban J connectivity index is 3.22. The molecule has 1 saturated heterocycles. The highest BCUT2D eigenvalue weighted by Gasteiger charge is 2.54. The quantitative estimate of drug-likeness (QED) is 0.755. The molecule has 27 heavy (non-hydrogen) atoms. The van der Waals surface area contributed by atoms with Gasteiger partial charge >= 0.3 is 6.09 Å². The Hall–Kier alpha value is -1.59. The maximum atomic E-state index is 13.3. The van der Waals surface area contributed by atoms with Crippen molar-refractivity contribution in [2.45, 2.75) is 92.2 Å². The summed E-state index contributed by atoms with van der Waals surface area (Å²) < 4.78 is 5.52. The third-order valence-corrected chi connectivity index (χ3v) is 4.76. The van der Waals surface area contributed by atoms with Crippen molar-refractivity contribution in [1.82, 2.24) is 10.2 Å². The first-order valence-electron chi connectivity index (χ1n) is 10.00. The first-order valence-corrected chi connectivity index (χ1v) is 10.00. The molecule has 0 spiro atoms. The standard InChI is InChI=1S/C21H38N2O4/c1-9-10-11-16-13-23(18(26)27-20(6,7)8)14-21(16,12-15(2)24)17(25)22-19(3,4)5/h16H,9-14H2,1-8H3,(H,22,25)/t16-,21+/m0/s1. The molecule has 1 aliphatic rings. The van der Waals surface area contributed by atoms with Crippen LogP contribution in [0.4, 0.5) is 4.79 Å². The van der Waals surface area contributed by atoms with Crippen LogP contribution in [0.3, 0.4) is 0 Å². The fourth-order valence-corrected chi connectivity index (χ4v) is 3.71. The molecule has 1 heterocycles. The van der Waals surface area contributed by atoms with E-state index in [0.29, 0.717) is 6.54 Å². The lowest BCUT2D eigenvalue weighted by molar-refractivity contribution is -0.138. The molecule has 1 rings (SSSR count). The van der Waals surface area contributed by atoms with E-state index in [0.717, 1.165) is 19.3 Å². The first kappa shape index (κ1) is 23.4. The third-order valence-electron chi connectivity index (χ3n) is 4.76. The number of rotatable bonds is 6. The van der Waals surface area contributed by atoms with E-state index in [4.69, 9.17) is 4.74 Å². The van der Waals surface area contributed by atoms with Crippen LogP contribution in [0.15, 0.2) is 0 Å². The summed E-state index contributed by atoms with van der Waals surface area (Å²) in [7, 11) is 0. The van der Waals surface area contributed by atoms with E-state index in [1.807, 2.05) is 41.5 Å². The van der Waals surface area contributed by atoms with Gasteiger partial charge in [0, 0.05) is 25.0 Å². The molecule has 156 valence electrons.